The lowest BCUT2D eigenvalue weighted by molar-refractivity contribution is -0.124. The van der Waals surface area contributed by atoms with Crippen LogP contribution in [-0.2, 0) is 4.79 Å². The molecule has 1 aliphatic rings. The van der Waals surface area contributed by atoms with Crippen molar-refractivity contribution in [2.75, 3.05) is 16.9 Å². The molecule has 2 aromatic rings. The number of nitrogens with one attached hydrogen (secondary N) is 2. The molecule has 3 amide bonds. The summed E-state index contributed by atoms with van der Waals surface area (Å²) in [5.41, 5.74) is 1.77. The summed E-state index contributed by atoms with van der Waals surface area (Å²) in [7, 11) is 0. The number of hydrogen-bond acceptors (Lipinski definition) is 3. The van der Waals surface area contributed by atoms with Crippen molar-refractivity contribution in [1.82, 2.24) is 10.2 Å². The average Bonchev–Trinajstić information content (AvgIpc) is 3.13. The molecule has 3 rings (SSSR count). The highest BCUT2D eigenvalue weighted by Crippen LogP contribution is 2.23. The maximum atomic E-state index is 12.7. The molecule has 2 N–H and O–H groups in total. The van der Waals surface area contributed by atoms with Gasteiger partial charge in [0.05, 0.1) is 11.9 Å². The minimum atomic E-state index is -0.458. The van der Waals surface area contributed by atoms with Crippen molar-refractivity contribution in [3.8, 4) is 0 Å². The van der Waals surface area contributed by atoms with E-state index in [0.717, 1.165) is 11.3 Å². The van der Waals surface area contributed by atoms with Crippen LogP contribution >= 0.6 is 11.8 Å². The Bertz CT molecular complexity index is 724. The fourth-order valence-corrected chi connectivity index (χ4v) is 3.87. The number of anilines is 1. The summed E-state index contributed by atoms with van der Waals surface area (Å²) in [6.45, 7) is 1.95. The first-order chi connectivity index (χ1) is 12.1. The summed E-state index contributed by atoms with van der Waals surface area (Å²) in [5.74, 6) is 0.996. The minimum absolute atomic E-state index is 0.0988. The number of hydrogen-bond donors (Lipinski definition) is 2. The first-order valence-corrected chi connectivity index (χ1v) is 9.36. The van der Waals surface area contributed by atoms with Crippen LogP contribution in [0.4, 0.5) is 10.5 Å². The first-order valence-electron chi connectivity index (χ1n) is 8.21. The molecule has 1 fully saturated rings. The zero-order valence-corrected chi connectivity index (χ0v) is 14.8. The molecule has 5 nitrogen and oxygen atoms in total. The van der Waals surface area contributed by atoms with E-state index >= 15 is 0 Å². The van der Waals surface area contributed by atoms with Crippen molar-refractivity contribution in [3.05, 3.63) is 66.2 Å². The molecule has 0 radical (unpaired) electrons. The standard InChI is InChI=1S/C19H21N3O2S/c1-14(15-8-4-2-5-9-15)20-18(23)17-12-25-13-22(17)19(24)21-16-10-6-3-7-11-16/h2-11,14,17H,12-13H2,1H3,(H,20,23)(H,21,24)/t14-,17-/m0/s1. The van der Waals surface area contributed by atoms with Crippen LogP contribution in [0.5, 0.6) is 0 Å². The Kier molecular flexibility index (Phi) is 5.60. The van der Waals surface area contributed by atoms with Crippen molar-refractivity contribution in [2.45, 2.75) is 19.0 Å². The summed E-state index contributed by atoms with van der Waals surface area (Å²) < 4.78 is 0. The highest BCUT2D eigenvalue weighted by molar-refractivity contribution is 7.99. The Labute approximate surface area is 151 Å². The number of benzene rings is 2. The molecule has 6 heteroatoms. The zero-order chi connectivity index (χ0) is 17.6. The number of carbonyl (C=O) groups excluding carboxylic acids is 2. The SMILES string of the molecule is C[C@H](NC(=O)[C@@H]1CSCN1C(=O)Nc1ccccc1)c1ccccc1. The maximum absolute atomic E-state index is 12.7. The van der Waals surface area contributed by atoms with Gasteiger partial charge in [0, 0.05) is 11.4 Å². The summed E-state index contributed by atoms with van der Waals surface area (Å²) in [5, 5.41) is 5.86. The van der Waals surface area contributed by atoms with Gasteiger partial charge >= 0.3 is 6.03 Å². The number of urea groups is 1. The predicted octanol–water partition coefficient (Wildman–Crippen LogP) is 3.47. The van der Waals surface area contributed by atoms with Crippen molar-refractivity contribution in [1.29, 1.82) is 0 Å². The summed E-state index contributed by atoms with van der Waals surface area (Å²) in [4.78, 5) is 26.7. The average molecular weight is 355 g/mol. The molecule has 0 aliphatic carbocycles. The van der Waals surface area contributed by atoms with E-state index in [9.17, 15) is 9.59 Å². The molecular weight excluding hydrogens is 334 g/mol. The Morgan fingerprint density at radius 1 is 1.08 bits per heavy atom. The van der Waals surface area contributed by atoms with E-state index in [1.54, 1.807) is 16.7 Å². The second kappa shape index (κ2) is 8.07. The van der Waals surface area contributed by atoms with Crippen LogP contribution in [0, 0.1) is 0 Å². The molecule has 130 valence electrons. The fourth-order valence-electron chi connectivity index (χ4n) is 2.71. The minimum Gasteiger partial charge on any atom is -0.348 e. The highest BCUT2D eigenvalue weighted by Gasteiger charge is 2.35. The number of rotatable bonds is 4. The van der Waals surface area contributed by atoms with E-state index in [2.05, 4.69) is 10.6 Å². The van der Waals surface area contributed by atoms with Gasteiger partial charge in [-0.2, -0.15) is 0 Å². The molecule has 0 spiro atoms. The molecule has 0 saturated carbocycles. The normalized spacial score (nSPS) is 17.8. The van der Waals surface area contributed by atoms with E-state index in [-0.39, 0.29) is 18.0 Å². The molecule has 1 heterocycles. The topological polar surface area (TPSA) is 61.4 Å². The van der Waals surface area contributed by atoms with Gasteiger partial charge in [-0.25, -0.2) is 4.79 Å². The predicted molar refractivity (Wildman–Crippen MR) is 101 cm³/mol. The van der Waals surface area contributed by atoms with Crippen LogP contribution in [0.15, 0.2) is 60.7 Å². The van der Waals surface area contributed by atoms with Crippen molar-refractivity contribution in [3.63, 3.8) is 0 Å². The van der Waals surface area contributed by atoms with E-state index in [1.165, 1.54) is 0 Å². The highest BCUT2D eigenvalue weighted by atomic mass is 32.2. The number of para-hydroxylation sites is 1. The van der Waals surface area contributed by atoms with E-state index in [4.69, 9.17) is 0 Å². The lowest BCUT2D eigenvalue weighted by atomic mass is 10.1. The molecule has 0 unspecified atom stereocenters. The van der Waals surface area contributed by atoms with Crippen molar-refractivity contribution in [2.24, 2.45) is 0 Å². The maximum Gasteiger partial charge on any atom is 0.323 e. The monoisotopic (exact) mass is 355 g/mol. The van der Waals surface area contributed by atoms with Gasteiger partial charge in [-0.1, -0.05) is 48.5 Å². The molecule has 1 saturated heterocycles. The number of thioether (sulfide) groups is 1. The smallest absolute Gasteiger partial charge is 0.323 e. The Balaban J connectivity index is 1.62. The molecular formula is C19H21N3O2S. The van der Waals surface area contributed by atoms with E-state index in [1.807, 2.05) is 67.6 Å². The van der Waals surface area contributed by atoms with Crippen LogP contribution < -0.4 is 10.6 Å². The van der Waals surface area contributed by atoms with Crippen LogP contribution in [0.1, 0.15) is 18.5 Å². The van der Waals surface area contributed by atoms with Gasteiger partial charge in [0.25, 0.3) is 0 Å². The van der Waals surface area contributed by atoms with Crippen LogP contribution in [0.25, 0.3) is 0 Å². The lowest BCUT2D eigenvalue weighted by Crippen LogP contribution is -2.49. The molecule has 0 aromatic heterocycles. The van der Waals surface area contributed by atoms with Crippen LogP contribution in [0.3, 0.4) is 0 Å². The molecule has 25 heavy (non-hydrogen) atoms. The van der Waals surface area contributed by atoms with E-state index in [0.29, 0.717) is 11.6 Å². The number of amides is 3. The quantitative estimate of drug-likeness (QED) is 0.883. The van der Waals surface area contributed by atoms with Crippen LogP contribution in [-0.4, -0.2) is 34.5 Å². The number of carbonyl (C=O) groups is 2. The lowest BCUT2D eigenvalue weighted by Gasteiger charge is -2.25. The van der Waals surface area contributed by atoms with Gasteiger partial charge in [-0.3, -0.25) is 4.79 Å². The third kappa shape index (κ3) is 4.33. The largest absolute Gasteiger partial charge is 0.348 e. The molecule has 2 atom stereocenters. The summed E-state index contributed by atoms with van der Waals surface area (Å²) >= 11 is 1.58. The van der Waals surface area contributed by atoms with Gasteiger partial charge in [0.2, 0.25) is 5.91 Å². The van der Waals surface area contributed by atoms with Gasteiger partial charge in [0.1, 0.15) is 6.04 Å². The second-order valence-corrected chi connectivity index (χ2v) is 6.92. The third-order valence-corrected chi connectivity index (χ3v) is 5.14. The molecule has 2 aromatic carbocycles. The van der Waals surface area contributed by atoms with Gasteiger partial charge < -0.3 is 15.5 Å². The first kappa shape index (κ1) is 17.4. The summed E-state index contributed by atoms with van der Waals surface area (Å²) in [6, 6.07) is 18.3. The van der Waals surface area contributed by atoms with Gasteiger partial charge in [0.15, 0.2) is 0 Å². The Morgan fingerprint density at radius 2 is 1.72 bits per heavy atom. The Morgan fingerprint density at radius 3 is 2.40 bits per heavy atom. The van der Waals surface area contributed by atoms with Crippen molar-refractivity contribution >= 4 is 29.4 Å². The fraction of sp³-hybridized carbons (Fsp3) is 0.263. The van der Waals surface area contributed by atoms with Crippen molar-refractivity contribution < 1.29 is 9.59 Å². The third-order valence-electron chi connectivity index (χ3n) is 4.13. The van der Waals surface area contributed by atoms with Gasteiger partial charge in [-0.05, 0) is 24.6 Å². The Hall–Kier alpha value is -2.47. The molecule has 0 bridgehead atoms. The number of nitrogens with zero attached hydrogens (tertiary/aromatic N) is 1. The second-order valence-electron chi connectivity index (χ2n) is 5.92. The van der Waals surface area contributed by atoms with Crippen LogP contribution in [0.2, 0.25) is 0 Å². The van der Waals surface area contributed by atoms with Gasteiger partial charge in [-0.15, -0.1) is 11.8 Å². The van der Waals surface area contributed by atoms with E-state index < -0.39 is 6.04 Å². The summed E-state index contributed by atoms with van der Waals surface area (Å²) in [6.07, 6.45) is 0. The molecule has 1 aliphatic heterocycles. The zero-order valence-electron chi connectivity index (χ0n) is 14.0.